The van der Waals surface area contributed by atoms with Crippen molar-refractivity contribution < 1.29 is 14.7 Å². The Balaban J connectivity index is 1.80. The van der Waals surface area contributed by atoms with E-state index in [0.717, 1.165) is 12.8 Å². The Hall–Kier alpha value is -2.30. The Morgan fingerprint density at radius 1 is 1.20 bits per heavy atom. The lowest BCUT2D eigenvalue weighted by molar-refractivity contribution is -0.138. The van der Waals surface area contributed by atoms with Crippen molar-refractivity contribution in [3.63, 3.8) is 0 Å². The first kappa shape index (κ1) is 12.7. The average molecular weight is 272 g/mol. The van der Waals surface area contributed by atoms with Gasteiger partial charge in [-0.25, -0.2) is 4.79 Å². The third kappa shape index (κ3) is 2.15. The number of hydrogen-bond acceptors (Lipinski definition) is 2. The number of nitrogens with one attached hydrogen (secondary N) is 1. The highest BCUT2D eigenvalue weighted by Gasteiger charge is 2.36. The molecule has 0 saturated heterocycles. The monoisotopic (exact) mass is 272 g/mol. The molecule has 3 rings (SSSR count). The lowest BCUT2D eigenvalue weighted by Crippen LogP contribution is -2.44. The second-order valence-electron chi connectivity index (χ2n) is 5.15. The van der Waals surface area contributed by atoms with Gasteiger partial charge in [-0.05, 0) is 24.5 Å². The number of aliphatic carboxylic acids is 1. The van der Waals surface area contributed by atoms with Crippen LogP contribution in [0.15, 0.2) is 36.4 Å². The number of fused-ring (bicyclic) bond motifs is 1. The molecule has 0 saturated carbocycles. The van der Waals surface area contributed by atoms with Crippen molar-refractivity contribution in [1.29, 1.82) is 0 Å². The zero-order chi connectivity index (χ0) is 14.1. The number of benzene rings is 1. The summed E-state index contributed by atoms with van der Waals surface area (Å²) in [6, 6.07) is 7.11. The van der Waals surface area contributed by atoms with E-state index in [4.69, 9.17) is 0 Å². The molecule has 0 aromatic heterocycles. The molecule has 1 aliphatic carbocycles. The normalized spacial score (nSPS) is 21.0. The Kier molecular flexibility index (Phi) is 3.18. The number of carboxylic acids is 1. The first-order valence-corrected chi connectivity index (χ1v) is 6.71. The van der Waals surface area contributed by atoms with Gasteiger partial charge in [-0.2, -0.15) is 0 Å². The van der Waals surface area contributed by atoms with Crippen molar-refractivity contribution in [2.75, 3.05) is 11.4 Å². The van der Waals surface area contributed by atoms with Crippen LogP contribution in [0.3, 0.4) is 0 Å². The number of amides is 2. The molecule has 1 unspecified atom stereocenters. The number of para-hydroxylation sites is 1. The van der Waals surface area contributed by atoms with Crippen LogP contribution in [0.5, 0.6) is 0 Å². The van der Waals surface area contributed by atoms with Gasteiger partial charge in [0.1, 0.15) is 5.92 Å². The zero-order valence-corrected chi connectivity index (χ0v) is 11.0. The standard InChI is InChI=1S/C15H16N2O3/c18-14(19)12-9-17(13-8-4-3-7-11(12)13)15(20)16-10-5-1-2-6-10/h1-4,7-8,10,12H,5-6,9H2,(H,16,20)(H,18,19). The predicted molar refractivity (Wildman–Crippen MR) is 74.9 cm³/mol. The Morgan fingerprint density at radius 2 is 1.90 bits per heavy atom. The van der Waals surface area contributed by atoms with E-state index in [1.54, 1.807) is 18.2 Å². The summed E-state index contributed by atoms with van der Waals surface area (Å²) < 4.78 is 0. The van der Waals surface area contributed by atoms with E-state index in [9.17, 15) is 14.7 Å². The van der Waals surface area contributed by atoms with Crippen molar-refractivity contribution >= 4 is 17.7 Å². The smallest absolute Gasteiger partial charge is 0.322 e. The maximum Gasteiger partial charge on any atom is 0.322 e. The largest absolute Gasteiger partial charge is 0.481 e. The number of carbonyl (C=O) groups excluding carboxylic acids is 1. The van der Waals surface area contributed by atoms with Crippen LogP contribution in [0.4, 0.5) is 10.5 Å². The van der Waals surface area contributed by atoms with E-state index in [0.29, 0.717) is 11.3 Å². The van der Waals surface area contributed by atoms with Crippen molar-refractivity contribution in [2.45, 2.75) is 24.8 Å². The third-order valence-corrected chi connectivity index (χ3v) is 3.85. The van der Waals surface area contributed by atoms with Gasteiger partial charge in [-0.1, -0.05) is 30.4 Å². The van der Waals surface area contributed by atoms with Gasteiger partial charge < -0.3 is 10.4 Å². The van der Waals surface area contributed by atoms with Crippen LogP contribution in [0.2, 0.25) is 0 Å². The maximum absolute atomic E-state index is 12.3. The molecule has 1 heterocycles. The number of hydrogen-bond donors (Lipinski definition) is 2. The highest BCUT2D eigenvalue weighted by molar-refractivity contribution is 5.98. The first-order chi connectivity index (χ1) is 9.66. The summed E-state index contributed by atoms with van der Waals surface area (Å²) in [6.07, 6.45) is 5.76. The van der Waals surface area contributed by atoms with Gasteiger partial charge in [0.25, 0.3) is 0 Å². The van der Waals surface area contributed by atoms with Crippen LogP contribution in [0.1, 0.15) is 24.3 Å². The molecule has 0 bridgehead atoms. The Labute approximate surface area is 116 Å². The van der Waals surface area contributed by atoms with Gasteiger partial charge in [0.2, 0.25) is 0 Å². The molecule has 1 aromatic carbocycles. The average Bonchev–Trinajstić information content (AvgIpc) is 3.05. The summed E-state index contributed by atoms with van der Waals surface area (Å²) in [5, 5.41) is 12.2. The van der Waals surface area contributed by atoms with E-state index in [2.05, 4.69) is 5.32 Å². The van der Waals surface area contributed by atoms with E-state index >= 15 is 0 Å². The van der Waals surface area contributed by atoms with Crippen LogP contribution in [0, 0.1) is 0 Å². The number of nitrogens with zero attached hydrogens (tertiary/aromatic N) is 1. The molecular weight excluding hydrogens is 256 g/mol. The minimum Gasteiger partial charge on any atom is -0.481 e. The molecule has 2 N–H and O–H groups in total. The van der Waals surface area contributed by atoms with Gasteiger partial charge >= 0.3 is 12.0 Å². The molecule has 104 valence electrons. The Morgan fingerprint density at radius 3 is 2.60 bits per heavy atom. The van der Waals surface area contributed by atoms with Crippen molar-refractivity contribution in [3.05, 3.63) is 42.0 Å². The van der Waals surface area contributed by atoms with E-state index < -0.39 is 11.9 Å². The molecule has 20 heavy (non-hydrogen) atoms. The fourth-order valence-electron chi connectivity index (χ4n) is 2.80. The van der Waals surface area contributed by atoms with Crippen molar-refractivity contribution in [1.82, 2.24) is 5.32 Å². The molecular formula is C15H16N2O3. The summed E-state index contributed by atoms with van der Waals surface area (Å²) in [7, 11) is 0. The van der Waals surface area contributed by atoms with E-state index in [-0.39, 0.29) is 18.6 Å². The molecule has 0 spiro atoms. The SMILES string of the molecule is O=C(O)C1CN(C(=O)NC2CC=CC2)c2ccccc21. The lowest BCUT2D eigenvalue weighted by atomic mass is 10.0. The van der Waals surface area contributed by atoms with Gasteiger partial charge in [-0.15, -0.1) is 0 Å². The molecule has 1 aromatic rings. The lowest BCUT2D eigenvalue weighted by Gasteiger charge is -2.21. The van der Waals surface area contributed by atoms with Crippen LogP contribution in [-0.4, -0.2) is 29.7 Å². The van der Waals surface area contributed by atoms with Crippen LogP contribution in [-0.2, 0) is 4.79 Å². The fraction of sp³-hybridized carbons (Fsp3) is 0.333. The number of urea groups is 1. The summed E-state index contributed by atoms with van der Waals surface area (Å²) in [6.45, 7) is 0.195. The van der Waals surface area contributed by atoms with Gasteiger partial charge in [0, 0.05) is 18.3 Å². The van der Waals surface area contributed by atoms with Crippen molar-refractivity contribution in [3.8, 4) is 0 Å². The predicted octanol–water partition coefficient (Wildman–Crippen LogP) is 2.10. The minimum absolute atomic E-state index is 0.124. The fourth-order valence-corrected chi connectivity index (χ4v) is 2.80. The summed E-state index contributed by atoms with van der Waals surface area (Å²) in [5.74, 6) is -1.53. The van der Waals surface area contributed by atoms with Crippen molar-refractivity contribution in [2.24, 2.45) is 0 Å². The molecule has 1 atom stereocenters. The van der Waals surface area contributed by atoms with Gasteiger partial charge in [-0.3, -0.25) is 9.69 Å². The van der Waals surface area contributed by atoms with Gasteiger partial charge in [0.05, 0.1) is 0 Å². The van der Waals surface area contributed by atoms with E-state index in [1.807, 2.05) is 18.2 Å². The highest BCUT2D eigenvalue weighted by atomic mass is 16.4. The molecule has 5 heteroatoms. The summed E-state index contributed by atoms with van der Waals surface area (Å²) in [5.41, 5.74) is 1.41. The number of rotatable bonds is 2. The zero-order valence-electron chi connectivity index (χ0n) is 11.0. The number of carbonyl (C=O) groups is 2. The van der Waals surface area contributed by atoms with E-state index in [1.165, 1.54) is 4.90 Å². The third-order valence-electron chi connectivity index (χ3n) is 3.85. The quantitative estimate of drug-likeness (QED) is 0.810. The molecule has 1 aliphatic heterocycles. The minimum atomic E-state index is -0.893. The molecule has 0 fully saturated rings. The molecule has 0 radical (unpaired) electrons. The number of anilines is 1. The first-order valence-electron chi connectivity index (χ1n) is 6.71. The second kappa shape index (κ2) is 5.00. The maximum atomic E-state index is 12.3. The summed E-state index contributed by atoms with van der Waals surface area (Å²) >= 11 is 0. The number of carboxylic acid groups (broad SMARTS) is 1. The van der Waals surface area contributed by atoms with Crippen LogP contribution < -0.4 is 10.2 Å². The van der Waals surface area contributed by atoms with Crippen LogP contribution >= 0.6 is 0 Å². The van der Waals surface area contributed by atoms with Crippen LogP contribution in [0.25, 0.3) is 0 Å². The topological polar surface area (TPSA) is 69.6 Å². The summed E-state index contributed by atoms with van der Waals surface area (Å²) in [4.78, 5) is 25.2. The Bertz CT molecular complexity index is 574. The van der Waals surface area contributed by atoms with Gasteiger partial charge in [0.15, 0.2) is 0 Å². The molecule has 2 aliphatic rings. The second-order valence-corrected chi connectivity index (χ2v) is 5.15. The molecule has 2 amide bonds. The highest BCUT2D eigenvalue weighted by Crippen LogP contribution is 2.36. The molecule has 5 nitrogen and oxygen atoms in total.